The van der Waals surface area contributed by atoms with Gasteiger partial charge >= 0.3 is 0 Å². The number of benzene rings is 2. The van der Waals surface area contributed by atoms with Gasteiger partial charge in [-0.3, -0.25) is 9.59 Å². The first kappa shape index (κ1) is 33.6. The maximum absolute atomic E-state index is 12.7. The molecule has 6 nitrogen and oxygen atoms in total. The van der Waals surface area contributed by atoms with E-state index in [0.717, 1.165) is 36.5 Å². The monoisotopic (exact) mass is 594 g/mol. The van der Waals surface area contributed by atoms with Crippen molar-refractivity contribution < 1.29 is 19.1 Å². The quantitative estimate of drug-likeness (QED) is 0.115. The molecule has 2 aromatic rings. The molecule has 0 spiro atoms. The van der Waals surface area contributed by atoms with Crippen molar-refractivity contribution in [2.45, 2.75) is 104 Å². The van der Waals surface area contributed by atoms with Crippen LogP contribution >= 0.6 is 11.8 Å². The van der Waals surface area contributed by atoms with Crippen LogP contribution in [0.25, 0.3) is 0 Å². The van der Waals surface area contributed by atoms with Crippen molar-refractivity contribution in [2.24, 2.45) is 0 Å². The highest BCUT2D eigenvalue weighted by Gasteiger charge is 2.16. The van der Waals surface area contributed by atoms with Gasteiger partial charge in [-0.05, 0) is 55.5 Å². The summed E-state index contributed by atoms with van der Waals surface area (Å²) in [6, 6.07) is 13.0. The van der Waals surface area contributed by atoms with E-state index < -0.39 is 0 Å². The van der Waals surface area contributed by atoms with Gasteiger partial charge in [-0.15, -0.1) is 11.8 Å². The Morgan fingerprint density at radius 1 is 0.881 bits per heavy atom. The zero-order valence-electron chi connectivity index (χ0n) is 25.9. The third kappa shape index (κ3) is 12.1. The Labute approximate surface area is 257 Å². The summed E-state index contributed by atoms with van der Waals surface area (Å²) in [5.41, 5.74) is 3.53. The van der Waals surface area contributed by atoms with E-state index in [1.54, 1.807) is 30.0 Å². The number of hydrogen-bond donors (Lipinski definition) is 1. The van der Waals surface area contributed by atoms with Crippen molar-refractivity contribution in [3.05, 3.63) is 64.7 Å². The topological polar surface area (TPSA) is 67.9 Å². The van der Waals surface area contributed by atoms with Gasteiger partial charge in [-0.25, -0.2) is 0 Å². The summed E-state index contributed by atoms with van der Waals surface area (Å²) in [5, 5.41) is 5.13. The van der Waals surface area contributed by atoms with Crippen molar-refractivity contribution in [2.75, 3.05) is 24.4 Å². The van der Waals surface area contributed by atoms with Crippen LogP contribution in [0.2, 0.25) is 0 Å². The SMILES string of the molecule is CCCCCCCCCCCCCCOc1ccc(OCC(=O)Nc2ccccc2CN2CSC=C2C)cc1C(C)=O. The lowest BCUT2D eigenvalue weighted by Crippen LogP contribution is -2.23. The molecule has 230 valence electrons. The van der Waals surface area contributed by atoms with Gasteiger partial charge in [0.1, 0.15) is 11.5 Å². The third-order valence-corrected chi connectivity index (χ3v) is 8.56. The first-order valence-electron chi connectivity index (χ1n) is 15.8. The summed E-state index contributed by atoms with van der Waals surface area (Å²) in [5.74, 6) is 1.61. The highest BCUT2D eigenvalue weighted by atomic mass is 32.2. The molecule has 2 aromatic carbocycles. The Hall–Kier alpha value is -2.93. The summed E-state index contributed by atoms with van der Waals surface area (Å²) in [6.07, 6.45) is 15.5. The molecule has 0 saturated heterocycles. The van der Waals surface area contributed by atoms with Gasteiger partial charge in [0.25, 0.3) is 5.91 Å². The first-order chi connectivity index (χ1) is 20.5. The van der Waals surface area contributed by atoms with Gasteiger partial charge < -0.3 is 19.7 Å². The van der Waals surface area contributed by atoms with Gasteiger partial charge in [0.05, 0.1) is 18.0 Å². The molecule has 0 aromatic heterocycles. The number of allylic oxidation sites excluding steroid dienone is 1. The number of unbranched alkanes of at least 4 members (excludes halogenated alkanes) is 11. The fourth-order valence-corrected chi connectivity index (χ4v) is 5.98. The van der Waals surface area contributed by atoms with E-state index in [9.17, 15) is 9.59 Å². The van der Waals surface area contributed by atoms with Crippen LogP contribution < -0.4 is 14.8 Å². The highest BCUT2D eigenvalue weighted by molar-refractivity contribution is 8.02. The second kappa shape index (κ2) is 19.3. The van der Waals surface area contributed by atoms with Crippen LogP contribution in [0.5, 0.6) is 11.5 Å². The number of ether oxygens (including phenoxy) is 2. The molecule has 0 fully saturated rings. The minimum Gasteiger partial charge on any atom is -0.493 e. The van der Waals surface area contributed by atoms with Crippen molar-refractivity contribution in [1.82, 2.24) is 4.90 Å². The van der Waals surface area contributed by atoms with Crippen molar-refractivity contribution in [1.29, 1.82) is 0 Å². The first-order valence-corrected chi connectivity index (χ1v) is 16.8. The Balaban J connectivity index is 1.36. The summed E-state index contributed by atoms with van der Waals surface area (Å²) in [7, 11) is 0. The van der Waals surface area contributed by atoms with Crippen LogP contribution in [0.1, 0.15) is 114 Å². The van der Waals surface area contributed by atoms with Crippen LogP contribution in [0.4, 0.5) is 5.69 Å². The molecular formula is C35H50N2O4S. The van der Waals surface area contributed by atoms with Gasteiger partial charge in [0.15, 0.2) is 12.4 Å². The number of rotatable bonds is 21. The lowest BCUT2D eigenvalue weighted by molar-refractivity contribution is -0.118. The molecule has 1 heterocycles. The second-order valence-electron chi connectivity index (χ2n) is 11.2. The molecule has 1 N–H and O–H groups in total. The lowest BCUT2D eigenvalue weighted by Gasteiger charge is -2.21. The Kier molecular flexibility index (Phi) is 15.4. The van der Waals surface area contributed by atoms with Crippen LogP contribution in [0.3, 0.4) is 0 Å². The van der Waals surface area contributed by atoms with E-state index in [0.29, 0.717) is 23.7 Å². The molecule has 0 radical (unpaired) electrons. The van der Waals surface area contributed by atoms with Crippen molar-refractivity contribution in [3.63, 3.8) is 0 Å². The molecule has 0 saturated carbocycles. The van der Waals surface area contributed by atoms with E-state index in [2.05, 4.69) is 29.5 Å². The van der Waals surface area contributed by atoms with E-state index in [1.807, 2.05) is 24.3 Å². The van der Waals surface area contributed by atoms with E-state index in [1.165, 1.54) is 76.8 Å². The normalized spacial score (nSPS) is 12.7. The Morgan fingerprint density at radius 2 is 1.55 bits per heavy atom. The highest BCUT2D eigenvalue weighted by Crippen LogP contribution is 2.28. The second-order valence-corrected chi connectivity index (χ2v) is 12.0. The molecule has 1 aliphatic heterocycles. The van der Waals surface area contributed by atoms with Crippen LogP contribution in [-0.4, -0.2) is 35.7 Å². The maximum atomic E-state index is 12.7. The lowest BCUT2D eigenvalue weighted by atomic mass is 10.1. The van der Waals surface area contributed by atoms with Crippen molar-refractivity contribution in [3.8, 4) is 11.5 Å². The summed E-state index contributed by atoms with van der Waals surface area (Å²) < 4.78 is 11.7. The zero-order chi connectivity index (χ0) is 30.0. The fraction of sp³-hybridized carbons (Fsp3) is 0.543. The maximum Gasteiger partial charge on any atom is 0.262 e. The predicted molar refractivity (Wildman–Crippen MR) is 175 cm³/mol. The number of carbonyl (C=O) groups is 2. The van der Waals surface area contributed by atoms with Gasteiger partial charge in [0.2, 0.25) is 0 Å². The van der Waals surface area contributed by atoms with Crippen molar-refractivity contribution >= 4 is 29.1 Å². The number of para-hydroxylation sites is 1. The van der Waals surface area contributed by atoms with Crippen LogP contribution in [-0.2, 0) is 11.3 Å². The third-order valence-electron chi connectivity index (χ3n) is 7.59. The average molecular weight is 595 g/mol. The molecule has 7 heteroatoms. The molecule has 42 heavy (non-hydrogen) atoms. The number of nitrogens with one attached hydrogen (secondary N) is 1. The Morgan fingerprint density at radius 3 is 2.19 bits per heavy atom. The molecule has 1 aliphatic rings. The number of amides is 1. The number of ketones is 1. The average Bonchev–Trinajstić information content (AvgIpc) is 3.39. The Bertz CT molecular complexity index is 1150. The molecule has 1 amide bonds. The number of nitrogens with zero attached hydrogens (tertiary/aromatic N) is 1. The molecule has 0 unspecified atom stereocenters. The molecule has 0 bridgehead atoms. The summed E-state index contributed by atoms with van der Waals surface area (Å²) in [6.45, 7) is 7.05. The van der Waals surface area contributed by atoms with Gasteiger partial charge in [-0.1, -0.05) is 95.8 Å². The fourth-order valence-electron chi connectivity index (χ4n) is 5.04. The number of carbonyl (C=O) groups excluding carboxylic acids is 2. The molecule has 0 atom stereocenters. The summed E-state index contributed by atoms with van der Waals surface area (Å²) >= 11 is 1.77. The van der Waals surface area contributed by atoms with Crippen LogP contribution in [0.15, 0.2) is 53.6 Å². The largest absolute Gasteiger partial charge is 0.493 e. The van der Waals surface area contributed by atoms with E-state index in [4.69, 9.17) is 9.47 Å². The minimum atomic E-state index is -0.248. The van der Waals surface area contributed by atoms with Crippen LogP contribution in [0, 0.1) is 0 Å². The predicted octanol–water partition coefficient (Wildman–Crippen LogP) is 9.35. The number of hydrogen-bond acceptors (Lipinski definition) is 6. The standard InChI is InChI=1S/C35H50N2O4S/c1-4-5-6-7-8-9-10-11-12-13-14-17-22-40-34-21-20-31(23-32(34)29(3)38)41-25-35(39)36-33-19-16-15-18-30(33)24-37-27-42-26-28(37)2/h15-16,18-21,23,26H,4-14,17,22,24-25,27H2,1-3H3,(H,36,39). The van der Waals surface area contributed by atoms with E-state index in [-0.39, 0.29) is 18.3 Å². The number of Topliss-reactive ketones (excluding diaryl/α,β-unsaturated/α-hetero) is 1. The smallest absolute Gasteiger partial charge is 0.262 e. The number of thioether (sulfide) groups is 1. The zero-order valence-corrected chi connectivity index (χ0v) is 26.7. The van der Waals surface area contributed by atoms with E-state index >= 15 is 0 Å². The molecule has 3 rings (SSSR count). The minimum absolute atomic E-state index is 0.0899. The molecular weight excluding hydrogens is 544 g/mol. The summed E-state index contributed by atoms with van der Waals surface area (Å²) in [4.78, 5) is 27.3. The molecule has 0 aliphatic carbocycles. The number of anilines is 1. The van der Waals surface area contributed by atoms with Gasteiger partial charge in [0, 0.05) is 17.9 Å². The van der Waals surface area contributed by atoms with Gasteiger partial charge in [-0.2, -0.15) is 0 Å².